The van der Waals surface area contributed by atoms with Gasteiger partial charge in [0.15, 0.2) is 0 Å². The Kier molecular flexibility index (Phi) is 4.07. The molecule has 0 saturated carbocycles. The van der Waals surface area contributed by atoms with Gasteiger partial charge in [0.1, 0.15) is 5.92 Å². The van der Waals surface area contributed by atoms with Gasteiger partial charge in [-0.3, -0.25) is 0 Å². The first-order valence-corrected chi connectivity index (χ1v) is 5.50. The molecule has 0 saturated heterocycles. The molecule has 12 heavy (non-hydrogen) atoms. The molecule has 0 amide bonds. The maximum absolute atomic E-state index is 8.50. The van der Waals surface area contributed by atoms with Gasteiger partial charge in [-0.15, -0.1) is 23.5 Å². The van der Waals surface area contributed by atoms with Crippen LogP contribution in [0.4, 0.5) is 0 Å². The van der Waals surface area contributed by atoms with Crippen molar-refractivity contribution in [1.29, 1.82) is 10.5 Å². The predicted molar refractivity (Wildman–Crippen MR) is 52.1 cm³/mol. The van der Waals surface area contributed by atoms with Gasteiger partial charge in [0.25, 0.3) is 0 Å². The number of rotatable bonds is 3. The normalized spacial score (nSPS) is 16.2. The van der Waals surface area contributed by atoms with Crippen LogP contribution in [0.15, 0.2) is 10.8 Å². The van der Waals surface area contributed by atoms with Crippen LogP contribution in [0.2, 0.25) is 0 Å². The Labute approximate surface area is 80.6 Å². The smallest absolute Gasteiger partial charge is 0.133 e. The van der Waals surface area contributed by atoms with E-state index in [1.807, 2.05) is 12.1 Å². The molecule has 1 heterocycles. The van der Waals surface area contributed by atoms with Crippen molar-refractivity contribution in [3.8, 4) is 12.1 Å². The highest BCUT2D eigenvalue weighted by atomic mass is 32.2. The van der Waals surface area contributed by atoms with Crippen LogP contribution < -0.4 is 0 Å². The molecule has 0 unspecified atom stereocenters. The van der Waals surface area contributed by atoms with E-state index in [1.54, 1.807) is 23.5 Å². The van der Waals surface area contributed by atoms with Gasteiger partial charge in [-0.1, -0.05) is 0 Å². The zero-order valence-electron chi connectivity index (χ0n) is 6.43. The fourth-order valence-corrected chi connectivity index (χ4v) is 2.92. The number of hydrogen-bond acceptors (Lipinski definition) is 4. The lowest BCUT2D eigenvalue weighted by atomic mass is 10.1. The maximum Gasteiger partial charge on any atom is 0.133 e. The summed E-state index contributed by atoms with van der Waals surface area (Å²) in [7, 11) is 0. The molecular weight excluding hydrogens is 188 g/mol. The first-order valence-electron chi connectivity index (χ1n) is 3.62. The number of thioether (sulfide) groups is 2. The Hall–Kier alpha value is -0.580. The summed E-state index contributed by atoms with van der Waals surface area (Å²) >= 11 is 3.54. The van der Waals surface area contributed by atoms with Crippen molar-refractivity contribution in [3.05, 3.63) is 10.8 Å². The molecule has 0 atom stereocenters. The Morgan fingerprint density at radius 1 is 1.25 bits per heavy atom. The van der Waals surface area contributed by atoms with E-state index in [2.05, 4.69) is 10.8 Å². The van der Waals surface area contributed by atoms with E-state index in [4.69, 9.17) is 10.5 Å². The van der Waals surface area contributed by atoms with Crippen molar-refractivity contribution in [2.45, 2.75) is 17.4 Å². The molecule has 0 N–H and O–H groups in total. The van der Waals surface area contributed by atoms with E-state index < -0.39 is 5.92 Å². The van der Waals surface area contributed by atoms with E-state index in [0.29, 0.717) is 11.0 Å². The first-order chi connectivity index (χ1) is 5.86. The summed E-state index contributed by atoms with van der Waals surface area (Å²) in [6.07, 6.45) is 1.63. The summed E-state index contributed by atoms with van der Waals surface area (Å²) in [4.78, 5) is 0. The second-order valence-electron chi connectivity index (χ2n) is 2.36. The second-order valence-corrected chi connectivity index (χ2v) is 4.89. The van der Waals surface area contributed by atoms with Gasteiger partial charge in [0, 0.05) is 0 Å². The summed E-state index contributed by atoms with van der Waals surface area (Å²) in [6.45, 7) is 0. The molecule has 0 bridgehead atoms. The zero-order valence-corrected chi connectivity index (χ0v) is 8.07. The molecule has 1 aliphatic rings. The van der Waals surface area contributed by atoms with Crippen LogP contribution in [0.25, 0.3) is 0 Å². The monoisotopic (exact) mass is 196 g/mol. The highest BCUT2D eigenvalue weighted by Gasteiger charge is 2.14. The van der Waals surface area contributed by atoms with Gasteiger partial charge in [0.2, 0.25) is 0 Å². The molecule has 0 fully saturated rings. The molecule has 0 aromatic rings. The predicted octanol–water partition coefficient (Wildman–Crippen LogP) is 2.71. The maximum atomic E-state index is 8.50. The zero-order chi connectivity index (χ0) is 8.81. The molecular formula is C8H8N2S2. The standard InChI is InChI=1S/C8H8N2S2/c9-5-7(6-10)1-2-8-11-3-4-12-8/h3-4,7-8H,1-2H2. The topological polar surface area (TPSA) is 47.6 Å². The van der Waals surface area contributed by atoms with E-state index in [9.17, 15) is 0 Å². The summed E-state index contributed by atoms with van der Waals surface area (Å²) in [5.74, 6) is -0.424. The third-order valence-electron chi connectivity index (χ3n) is 1.52. The van der Waals surface area contributed by atoms with Gasteiger partial charge in [-0.2, -0.15) is 10.5 Å². The van der Waals surface area contributed by atoms with Crippen molar-refractivity contribution in [1.82, 2.24) is 0 Å². The van der Waals surface area contributed by atoms with E-state index in [1.165, 1.54) is 0 Å². The number of hydrogen-bond donors (Lipinski definition) is 0. The highest BCUT2D eigenvalue weighted by molar-refractivity contribution is 8.22. The molecule has 0 spiro atoms. The average molecular weight is 196 g/mol. The summed E-state index contributed by atoms with van der Waals surface area (Å²) < 4.78 is 0.522. The van der Waals surface area contributed by atoms with Gasteiger partial charge in [0.05, 0.1) is 16.7 Å². The summed E-state index contributed by atoms with van der Waals surface area (Å²) in [5, 5.41) is 21.1. The van der Waals surface area contributed by atoms with Gasteiger partial charge in [-0.05, 0) is 23.7 Å². The molecule has 0 radical (unpaired) electrons. The lowest BCUT2D eigenvalue weighted by Gasteiger charge is -2.06. The van der Waals surface area contributed by atoms with E-state index in [-0.39, 0.29) is 0 Å². The Balaban J connectivity index is 2.18. The molecule has 1 rings (SSSR count). The SMILES string of the molecule is N#CC(C#N)CCC1SC=CS1. The molecule has 0 aromatic heterocycles. The summed E-state index contributed by atoms with van der Waals surface area (Å²) in [5.41, 5.74) is 0. The van der Waals surface area contributed by atoms with Crippen molar-refractivity contribution in [2.75, 3.05) is 0 Å². The number of nitriles is 2. The van der Waals surface area contributed by atoms with E-state index >= 15 is 0 Å². The Morgan fingerprint density at radius 3 is 2.33 bits per heavy atom. The van der Waals surface area contributed by atoms with Crippen LogP contribution in [0.5, 0.6) is 0 Å². The second kappa shape index (κ2) is 5.13. The largest absolute Gasteiger partial charge is 0.197 e. The van der Waals surface area contributed by atoms with Crippen molar-refractivity contribution in [2.24, 2.45) is 5.92 Å². The minimum atomic E-state index is -0.424. The molecule has 0 aliphatic carbocycles. The fourth-order valence-electron chi connectivity index (χ4n) is 0.868. The summed E-state index contributed by atoms with van der Waals surface area (Å²) in [6, 6.07) is 3.95. The van der Waals surface area contributed by atoms with Crippen molar-refractivity contribution >= 4 is 23.5 Å². The van der Waals surface area contributed by atoms with Crippen LogP contribution in [0, 0.1) is 28.6 Å². The van der Waals surface area contributed by atoms with Crippen molar-refractivity contribution in [3.63, 3.8) is 0 Å². The van der Waals surface area contributed by atoms with Crippen LogP contribution in [-0.4, -0.2) is 4.58 Å². The Morgan fingerprint density at radius 2 is 1.83 bits per heavy atom. The van der Waals surface area contributed by atoms with Gasteiger partial charge >= 0.3 is 0 Å². The van der Waals surface area contributed by atoms with Crippen molar-refractivity contribution < 1.29 is 0 Å². The van der Waals surface area contributed by atoms with Crippen LogP contribution >= 0.6 is 23.5 Å². The van der Waals surface area contributed by atoms with Crippen LogP contribution in [-0.2, 0) is 0 Å². The van der Waals surface area contributed by atoms with E-state index in [0.717, 1.165) is 6.42 Å². The molecule has 1 aliphatic heterocycles. The van der Waals surface area contributed by atoms with Gasteiger partial charge in [-0.25, -0.2) is 0 Å². The minimum absolute atomic E-state index is 0.424. The molecule has 0 aromatic carbocycles. The lowest BCUT2D eigenvalue weighted by Crippen LogP contribution is -1.98. The highest BCUT2D eigenvalue weighted by Crippen LogP contribution is 2.36. The number of nitrogens with zero attached hydrogens (tertiary/aromatic N) is 2. The quantitative estimate of drug-likeness (QED) is 0.696. The van der Waals surface area contributed by atoms with Crippen LogP contribution in [0.3, 0.4) is 0 Å². The average Bonchev–Trinajstić information content (AvgIpc) is 2.59. The molecule has 2 nitrogen and oxygen atoms in total. The molecule has 4 heteroatoms. The first kappa shape index (κ1) is 9.51. The fraction of sp³-hybridized carbons (Fsp3) is 0.500. The third-order valence-corrected chi connectivity index (χ3v) is 4.02. The minimum Gasteiger partial charge on any atom is -0.197 e. The molecule has 62 valence electrons. The third kappa shape index (κ3) is 2.81. The Bertz CT molecular complexity index is 227. The van der Waals surface area contributed by atoms with Gasteiger partial charge < -0.3 is 0 Å². The van der Waals surface area contributed by atoms with Crippen LogP contribution in [0.1, 0.15) is 12.8 Å². The lowest BCUT2D eigenvalue weighted by molar-refractivity contribution is 0.707.